The highest BCUT2D eigenvalue weighted by Gasteiger charge is 2.14. The van der Waals surface area contributed by atoms with Gasteiger partial charge in [0.2, 0.25) is 0 Å². The van der Waals surface area contributed by atoms with Gasteiger partial charge in [-0.1, -0.05) is 17.4 Å². The van der Waals surface area contributed by atoms with Gasteiger partial charge in [-0.2, -0.15) is 0 Å². The van der Waals surface area contributed by atoms with Crippen LogP contribution in [0.15, 0.2) is 24.4 Å². The van der Waals surface area contributed by atoms with Crippen LogP contribution in [0.2, 0.25) is 0 Å². The molecule has 0 saturated heterocycles. The van der Waals surface area contributed by atoms with Crippen LogP contribution < -0.4 is 10.6 Å². The van der Waals surface area contributed by atoms with Crippen molar-refractivity contribution in [2.75, 3.05) is 19.0 Å². The zero-order chi connectivity index (χ0) is 14.3. The van der Waals surface area contributed by atoms with Gasteiger partial charge in [-0.15, -0.1) is 0 Å². The van der Waals surface area contributed by atoms with Crippen LogP contribution in [0.25, 0.3) is 21.7 Å². The number of nitrogens with one attached hydrogen (secondary N) is 1. The molecule has 0 radical (unpaired) electrons. The second kappa shape index (κ2) is 4.61. The predicted octanol–water partition coefficient (Wildman–Crippen LogP) is 1.85. The summed E-state index contributed by atoms with van der Waals surface area (Å²) in [7, 11) is 3.87. The van der Waals surface area contributed by atoms with E-state index in [9.17, 15) is 4.79 Å². The number of hydrogen-bond donors (Lipinski definition) is 2. The third-order valence-electron chi connectivity index (χ3n) is 2.89. The Morgan fingerprint density at radius 3 is 2.85 bits per heavy atom. The first-order chi connectivity index (χ1) is 9.56. The molecule has 0 unspecified atom stereocenters. The molecule has 0 bridgehead atoms. The lowest BCUT2D eigenvalue weighted by atomic mass is 10.2. The van der Waals surface area contributed by atoms with Crippen molar-refractivity contribution in [2.45, 2.75) is 0 Å². The van der Waals surface area contributed by atoms with Crippen LogP contribution in [-0.4, -0.2) is 35.0 Å². The number of H-pyrrole nitrogens is 1. The number of anilines is 1. The first-order valence-electron chi connectivity index (χ1n) is 5.98. The average molecular weight is 287 g/mol. The van der Waals surface area contributed by atoms with Gasteiger partial charge < -0.3 is 15.6 Å². The van der Waals surface area contributed by atoms with Crippen LogP contribution in [0.1, 0.15) is 10.4 Å². The highest BCUT2D eigenvalue weighted by molar-refractivity contribution is 7.18. The van der Waals surface area contributed by atoms with E-state index in [4.69, 9.17) is 5.73 Å². The Kier molecular flexibility index (Phi) is 2.90. The molecule has 1 amide bonds. The zero-order valence-electron chi connectivity index (χ0n) is 11.0. The number of para-hydroxylation sites is 1. The van der Waals surface area contributed by atoms with Crippen molar-refractivity contribution in [1.29, 1.82) is 0 Å². The number of nitrogens with zero attached hydrogens (tertiary/aromatic N) is 3. The number of fused-ring (bicyclic) bond motifs is 1. The second-order valence-corrected chi connectivity index (χ2v) is 5.56. The van der Waals surface area contributed by atoms with Gasteiger partial charge in [0, 0.05) is 14.1 Å². The summed E-state index contributed by atoms with van der Waals surface area (Å²) >= 11 is 1.53. The predicted molar refractivity (Wildman–Crippen MR) is 80.0 cm³/mol. The fourth-order valence-electron chi connectivity index (χ4n) is 1.93. The summed E-state index contributed by atoms with van der Waals surface area (Å²) in [6.07, 6.45) is 1.77. The van der Waals surface area contributed by atoms with Crippen molar-refractivity contribution in [3.63, 3.8) is 0 Å². The summed E-state index contributed by atoms with van der Waals surface area (Å²) in [5.74, 6) is 0.214. The van der Waals surface area contributed by atoms with E-state index >= 15 is 0 Å². The number of carbonyl (C=O) groups is 1. The molecule has 3 rings (SSSR count). The summed E-state index contributed by atoms with van der Waals surface area (Å²) in [5, 5.41) is 0.899. The molecule has 7 heteroatoms. The third kappa shape index (κ3) is 2.01. The summed E-state index contributed by atoms with van der Waals surface area (Å²) in [6, 6.07) is 5.32. The standard InChI is InChI=1S/C13H13N5OS/c1-18(2)13-15-6-9(20-13)12-16-8-5-3-4-7(11(14)19)10(8)17-12/h3-6H,1-2H3,(H2,14,19)(H,16,17). The Labute approximate surface area is 119 Å². The summed E-state index contributed by atoms with van der Waals surface area (Å²) in [4.78, 5) is 26.2. The molecular weight excluding hydrogens is 274 g/mol. The molecule has 0 atom stereocenters. The van der Waals surface area contributed by atoms with E-state index in [0.717, 1.165) is 15.5 Å². The summed E-state index contributed by atoms with van der Waals surface area (Å²) in [5.41, 5.74) is 7.16. The van der Waals surface area contributed by atoms with E-state index < -0.39 is 5.91 Å². The van der Waals surface area contributed by atoms with Crippen LogP contribution in [0.4, 0.5) is 5.13 Å². The number of benzene rings is 1. The number of aromatic amines is 1. The molecule has 1 aromatic carbocycles. The fourth-order valence-corrected chi connectivity index (χ4v) is 2.71. The fraction of sp³-hybridized carbons (Fsp3) is 0.154. The lowest BCUT2D eigenvalue weighted by Gasteiger charge is -2.04. The Balaban J connectivity index is 2.12. The number of imidazole rings is 1. The molecule has 3 aromatic rings. The molecular formula is C13H13N5OS. The molecule has 0 spiro atoms. The number of amides is 1. The number of rotatable bonds is 3. The number of primary amides is 1. The molecule has 0 aliphatic heterocycles. The van der Waals surface area contributed by atoms with Crippen molar-refractivity contribution in [3.05, 3.63) is 30.0 Å². The molecule has 0 aliphatic carbocycles. The molecule has 20 heavy (non-hydrogen) atoms. The molecule has 0 saturated carbocycles. The van der Waals surface area contributed by atoms with Crippen LogP contribution >= 0.6 is 11.3 Å². The first-order valence-corrected chi connectivity index (χ1v) is 6.80. The van der Waals surface area contributed by atoms with E-state index in [1.54, 1.807) is 18.3 Å². The van der Waals surface area contributed by atoms with Crippen molar-refractivity contribution in [2.24, 2.45) is 5.73 Å². The van der Waals surface area contributed by atoms with Gasteiger partial charge in [0.05, 0.1) is 22.2 Å². The van der Waals surface area contributed by atoms with Gasteiger partial charge in [0.15, 0.2) is 5.13 Å². The van der Waals surface area contributed by atoms with Crippen molar-refractivity contribution >= 4 is 33.4 Å². The number of aromatic nitrogens is 3. The van der Waals surface area contributed by atoms with E-state index in [-0.39, 0.29) is 0 Å². The van der Waals surface area contributed by atoms with Crippen molar-refractivity contribution < 1.29 is 4.79 Å². The van der Waals surface area contributed by atoms with E-state index in [1.807, 2.05) is 25.1 Å². The van der Waals surface area contributed by atoms with E-state index in [2.05, 4.69) is 15.0 Å². The maximum atomic E-state index is 11.4. The molecule has 6 nitrogen and oxygen atoms in total. The number of carbonyl (C=O) groups excluding carboxylic acids is 1. The van der Waals surface area contributed by atoms with Crippen molar-refractivity contribution in [1.82, 2.24) is 15.0 Å². The van der Waals surface area contributed by atoms with Crippen LogP contribution in [0, 0.1) is 0 Å². The van der Waals surface area contributed by atoms with Gasteiger partial charge in [0.25, 0.3) is 5.91 Å². The summed E-state index contributed by atoms with van der Waals surface area (Å²) in [6.45, 7) is 0. The quantitative estimate of drug-likeness (QED) is 0.769. The topological polar surface area (TPSA) is 87.9 Å². The van der Waals surface area contributed by atoms with E-state index in [1.165, 1.54) is 11.3 Å². The molecule has 3 N–H and O–H groups in total. The normalized spacial score (nSPS) is 10.9. The van der Waals surface area contributed by atoms with Crippen molar-refractivity contribution in [3.8, 4) is 10.7 Å². The highest BCUT2D eigenvalue weighted by Crippen LogP contribution is 2.30. The Morgan fingerprint density at radius 1 is 1.40 bits per heavy atom. The van der Waals surface area contributed by atoms with Crippen LogP contribution in [-0.2, 0) is 0 Å². The smallest absolute Gasteiger partial charge is 0.250 e. The largest absolute Gasteiger partial charge is 0.366 e. The number of thiazole rings is 1. The maximum Gasteiger partial charge on any atom is 0.250 e. The average Bonchev–Trinajstić information content (AvgIpc) is 3.04. The van der Waals surface area contributed by atoms with Gasteiger partial charge in [-0.3, -0.25) is 4.79 Å². The third-order valence-corrected chi connectivity index (χ3v) is 4.06. The van der Waals surface area contributed by atoms with Gasteiger partial charge in [0.1, 0.15) is 11.3 Å². The molecule has 0 aliphatic rings. The molecule has 102 valence electrons. The SMILES string of the molecule is CN(C)c1ncc(-c2nc3c(C(N)=O)cccc3[nH]2)s1. The molecule has 2 heterocycles. The monoisotopic (exact) mass is 287 g/mol. The molecule has 2 aromatic heterocycles. The molecule has 0 fully saturated rings. The Morgan fingerprint density at radius 2 is 2.20 bits per heavy atom. The van der Waals surface area contributed by atoms with E-state index in [0.29, 0.717) is 16.9 Å². The Bertz CT molecular complexity index is 789. The zero-order valence-corrected chi connectivity index (χ0v) is 11.9. The van der Waals surface area contributed by atoms with Gasteiger partial charge in [-0.25, -0.2) is 9.97 Å². The Hall–Kier alpha value is -2.41. The second-order valence-electron chi connectivity index (χ2n) is 4.55. The lowest BCUT2D eigenvalue weighted by Crippen LogP contribution is -2.11. The number of nitrogens with two attached hydrogens (primary N) is 1. The maximum absolute atomic E-state index is 11.4. The van der Waals surface area contributed by atoms with Gasteiger partial charge in [-0.05, 0) is 12.1 Å². The minimum Gasteiger partial charge on any atom is -0.366 e. The minimum absolute atomic E-state index is 0.419. The lowest BCUT2D eigenvalue weighted by molar-refractivity contribution is 0.100. The minimum atomic E-state index is -0.480. The first kappa shape index (κ1) is 12.6. The summed E-state index contributed by atoms with van der Waals surface area (Å²) < 4.78 is 0. The highest BCUT2D eigenvalue weighted by atomic mass is 32.1. The van der Waals surface area contributed by atoms with Crippen LogP contribution in [0.3, 0.4) is 0 Å². The van der Waals surface area contributed by atoms with Gasteiger partial charge >= 0.3 is 0 Å². The van der Waals surface area contributed by atoms with Crippen LogP contribution in [0.5, 0.6) is 0 Å². The number of hydrogen-bond acceptors (Lipinski definition) is 5.